The third-order valence-corrected chi connectivity index (χ3v) is 8.70. The SMILES string of the molecule is O=C(CCOCCc1ccccc1)N(CCNC[C@@H](O)c1ccc(OCc2ccccc2)c2[nH]c(=O)sc12)CCc1ccccc1. The van der Waals surface area contributed by atoms with Crippen LogP contribution in [0.2, 0.25) is 0 Å². The van der Waals surface area contributed by atoms with Crippen molar-refractivity contribution in [2.45, 2.75) is 32.0 Å². The van der Waals surface area contributed by atoms with Gasteiger partial charge in [0.25, 0.3) is 0 Å². The van der Waals surface area contributed by atoms with Gasteiger partial charge in [-0.2, -0.15) is 0 Å². The lowest BCUT2D eigenvalue weighted by Gasteiger charge is -2.24. The zero-order chi connectivity index (χ0) is 32.0. The van der Waals surface area contributed by atoms with E-state index in [2.05, 4.69) is 34.6 Å². The van der Waals surface area contributed by atoms with Crippen molar-refractivity contribution in [1.29, 1.82) is 0 Å². The Morgan fingerprint density at radius 2 is 1.48 bits per heavy atom. The average molecular weight is 640 g/mol. The minimum atomic E-state index is -0.844. The Morgan fingerprint density at radius 3 is 2.17 bits per heavy atom. The molecule has 3 N–H and O–H groups in total. The highest BCUT2D eigenvalue weighted by Crippen LogP contribution is 2.32. The zero-order valence-corrected chi connectivity index (χ0v) is 26.7. The van der Waals surface area contributed by atoms with E-state index in [1.807, 2.05) is 77.7 Å². The van der Waals surface area contributed by atoms with Gasteiger partial charge in [-0.3, -0.25) is 9.59 Å². The molecular formula is C37H41N3O5S. The minimum Gasteiger partial charge on any atom is -0.487 e. The summed E-state index contributed by atoms with van der Waals surface area (Å²) in [5.74, 6) is 0.612. The number of fused-ring (bicyclic) bond motifs is 1. The van der Waals surface area contributed by atoms with E-state index in [1.54, 1.807) is 6.07 Å². The van der Waals surface area contributed by atoms with Crippen LogP contribution in [0.25, 0.3) is 10.2 Å². The van der Waals surface area contributed by atoms with Crippen molar-refractivity contribution in [2.75, 3.05) is 39.4 Å². The molecule has 0 aliphatic carbocycles. The molecule has 0 aliphatic heterocycles. The van der Waals surface area contributed by atoms with Crippen molar-refractivity contribution in [3.05, 3.63) is 135 Å². The van der Waals surface area contributed by atoms with E-state index >= 15 is 0 Å². The molecule has 0 fully saturated rings. The van der Waals surface area contributed by atoms with Gasteiger partial charge in [-0.25, -0.2) is 0 Å². The second-order valence-corrected chi connectivity index (χ2v) is 12.1. The van der Waals surface area contributed by atoms with E-state index in [0.717, 1.165) is 29.7 Å². The van der Waals surface area contributed by atoms with Crippen LogP contribution in [0.15, 0.2) is 108 Å². The van der Waals surface area contributed by atoms with Crippen LogP contribution in [0.3, 0.4) is 0 Å². The Hall–Kier alpha value is -4.28. The standard InChI is InChI=1S/C37H41N3O5S/c41-32(31-16-17-33(35-36(31)46-37(43)39-35)45-27-30-14-8-3-9-15-30)26-38-21-23-40(22-18-28-10-4-1-5-11-28)34(42)20-25-44-24-19-29-12-6-2-7-13-29/h1-17,32,38,41H,18-27H2,(H,39,43)/t32-/m1/s1. The molecule has 9 heteroatoms. The first kappa shape index (κ1) is 33.1. The Balaban J connectivity index is 1.12. The summed E-state index contributed by atoms with van der Waals surface area (Å²) in [7, 11) is 0. The molecule has 1 amide bonds. The number of nitrogens with one attached hydrogen (secondary N) is 2. The van der Waals surface area contributed by atoms with Gasteiger partial charge in [0.2, 0.25) is 5.91 Å². The number of hydrogen-bond donors (Lipinski definition) is 3. The first-order chi connectivity index (χ1) is 22.6. The second-order valence-electron chi connectivity index (χ2n) is 11.1. The summed E-state index contributed by atoms with van der Waals surface area (Å²) < 4.78 is 12.5. The van der Waals surface area contributed by atoms with Crippen LogP contribution < -0.4 is 14.9 Å². The monoisotopic (exact) mass is 639 g/mol. The van der Waals surface area contributed by atoms with Crippen LogP contribution in [0.1, 0.15) is 34.8 Å². The van der Waals surface area contributed by atoms with Crippen molar-refractivity contribution in [3.63, 3.8) is 0 Å². The third kappa shape index (κ3) is 9.86. The van der Waals surface area contributed by atoms with Gasteiger partial charge in [-0.05, 0) is 35.6 Å². The smallest absolute Gasteiger partial charge is 0.305 e. The zero-order valence-electron chi connectivity index (χ0n) is 25.9. The molecule has 4 aromatic carbocycles. The largest absolute Gasteiger partial charge is 0.487 e. The molecule has 0 radical (unpaired) electrons. The van der Waals surface area contributed by atoms with Gasteiger partial charge in [0.05, 0.1) is 30.4 Å². The van der Waals surface area contributed by atoms with Crippen LogP contribution in [-0.2, 0) is 29.0 Å². The first-order valence-electron chi connectivity index (χ1n) is 15.7. The number of amides is 1. The van der Waals surface area contributed by atoms with Gasteiger partial charge in [0, 0.05) is 31.7 Å². The Kier molecular flexibility index (Phi) is 12.5. The molecule has 0 spiro atoms. The highest BCUT2D eigenvalue weighted by molar-refractivity contribution is 7.16. The number of aliphatic hydroxyl groups is 1. The summed E-state index contributed by atoms with van der Waals surface area (Å²) >= 11 is 1.06. The van der Waals surface area contributed by atoms with Crippen molar-refractivity contribution >= 4 is 27.5 Å². The number of carbonyl (C=O) groups excluding carboxylic acids is 1. The maximum atomic E-state index is 13.2. The van der Waals surface area contributed by atoms with Crippen LogP contribution in [0.4, 0.5) is 0 Å². The van der Waals surface area contributed by atoms with Crippen molar-refractivity contribution in [3.8, 4) is 5.75 Å². The quantitative estimate of drug-likeness (QED) is 0.109. The summed E-state index contributed by atoms with van der Waals surface area (Å²) in [4.78, 5) is 30.0. The number of aromatic nitrogens is 1. The molecule has 0 unspecified atom stereocenters. The number of rotatable bonds is 18. The molecule has 8 nitrogen and oxygen atoms in total. The number of carbonyl (C=O) groups is 1. The number of H-pyrrole nitrogens is 1. The van der Waals surface area contributed by atoms with Crippen LogP contribution >= 0.6 is 11.3 Å². The number of benzene rings is 4. The van der Waals surface area contributed by atoms with Gasteiger partial charge in [0.1, 0.15) is 17.9 Å². The maximum absolute atomic E-state index is 13.2. The second kappa shape index (κ2) is 17.4. The number of nitrogens with zero attached hydrogens (tertiary/aromatic N) is 1. The van der Waals surface area contributed by atoms with Crippen LogP contribution in [-0.4, -0.2) is 60.3 Å². The summed E-state index contributed by atoms with van der Waals surface area (Å²) in [6.45, 7) is 3.20. The molecule has 1 aromatic heterocycles. The Morgan fingerprint density at radius 1 is 0.826 bits per heavy atom. The van der Waals surface area contributed by atoms with E-state index in [9.17, 15) is 14.7 Å². The molecule has 0 saturated heterocycles. The topological polar surface area (TPSA) is 104 Å². The molecule has 5 aromatic rings. The van der Waals surface area contributed by atoms with Gasteiger partial charge in [-0.15, -0.1) is 0 Å². The number of thiazole rings is 1. The normalized spacial score (nSPS) is 11.8. The van der Waals surface area contributed by atoms with E-state index in [4.69, 9.17) is 9.47 Å². The van der Waals surface area contributed by atoms with Gasteiger partial charge in [0.15, 0.2) is 0 Å². The molecule has 0 saturated carbocycles. The van der Waals surface area contributed by atoms with Crippen molar-refractivity contribution < 1.29 is 19.4 Å². The highest BCUT2D eigenvalue weighted by atomic mass is 32.1. The molecular weight excluding hydrogens is 598 g/mol. The number of hydrogen-bond acceptors (Lipinski definition) is 7. The number of aliphatic hydroxyl groups excluding tert-OH is 1. The first-order valence-corrected chi connectivity index (χ1v) is 16.5. The predicted octanol–water partition coefficient (Wildman–Crippen LogP) is 5.51. The summed E-state index contributed by atoms with van der Waals surface area (Å²) in [6, 6.07) is 33.7. The number of aromatic amines is 1. The summed E-state index contributed by atoms with van der Waals surface area (Å²) in [6.07, 6.45) is 1.04. The minimum absolute atomic E-state index is 0.0443. The fourth-order valence-electron chi connectivity index (χ4n) is 5.23. The molecule has 1 atom stereocenters. The molecule has 240 valence electrons. The third-order valence-electron chi connectivity index (χ3n) is 7.77. The van der Waals surface area contributed by atoms with Crippen LogP contribution in [0, 0.1) is 0 Å². The predicted molar refractivity (Wildman–Crippen MR) is 183 cm³/mol. The summed E-state index contributed by atoms with van der Waals surface area (Å²) in [5.41, 5.74) is 4.65. The lowest BCUT2D eigenvalue weighted by Crippen LogP contribution is -2.39. The summed E-state index contributed by atoms with van der Waals surface area (Å²) in [5, 5.41) is 14.4. The Labute approximate surface area is 273 Å². The van der Waals surface area contributed by atoms with E-state index < -0.39 is 6.10 Å². The average Bonchev–Trinajstić information content (AvgIpc) is 3.49. The number of ether oxygens (including phenoxy) is 2. The van der Waals surface area contributed by atoms with Gasteiger partial charge >= 0.3 is 4.87 Å². The van der Waals surface area contributed by atoms with Crippen LogP contribution in [0.5, 0.6) is 5.75 Å². The van der Waals surface area contributed by atoms with Gasteiger partial charge in [-0.1, -0.05) is 108 Å². The molecule has 0 bridgehead atoms. The molecule has 1 heterocycles. The van der Waals surface area contributed by atoms with E-state index in [-0.39, 0.29) is 17.3 Å². The van der Waals surface area contributed by atoms with E-state index in [1.165, 1.54) is 11.1 Å². The molecule has 5 rings (SSSR count). The van der Waals surface area contributed by atoms with E-state index in [0.29, 0.717) is 67.4 Å². The lowest BCUT2D eigenvalue weighted by atomic mass is 10.1. The Bertz CT molecular complexity index is 1690. The lowest BCUT2D eigenvalue weighted by molar-refractivity contribution is -0.132. The molecule has 46 heavy (non-hydrogen) atoms. The van der Waals surface area contributed by atoms with Gasteiger partial charge < -0.3 is 29.8 Å². The van der Waals surface area contributed by atoms with Crippen molar-refractivity contribution in [2.24, 2.45) is 0 Å². The fourth-order valence-corrected chi connectivity index (χ4v) is 6.15. The van der Waals surface area contributed by atoms with Crippen molar-refractivity contribution in [1.82, 2.24) is 15.2 Å². The fraction of sp³-hybridized carbons (Fsp3) is 0.297. The highest BCUT2D eigenvalue weighted by Gasteiger charge is 2.18. The maximum Gasteiger partial charge on any atom is 0.305 e. The molecule has 0 aliphatic rings.